The second kappa shape index (κ2) is 9.71. The molecule has 0 saturated heterocycles. The van der Waals surface area contributed by atoms with Crippen molar-refractivity contribution in [1.29, 1.82) is 0 Å². The van der Waals surface area contributed by atoms with Gasteiger partial charge in [0, 0.05) is 6.54 Å². The number of hydrogen-bond acceptors (Lipinski definition) is 1. The lowest BCUT2D eigenvalue weighted by Gasteiger charge is -2.09. The molecule has 0 aliphatic carbocycles. The van der Waals surface area contributed by atoms with Crippen LogP contribution >= 0.6 is 0 Å². The second-order valence-electron chi connectivity index (χ2n) is 3.83. The summed E-state index contributed by atoms with van der Waals surface area (Å²) in [7, 11) is 0. The van der Waals surface area contributed by atoms with Gasteiger partial charge in [-0.15, -0.1) is 0 Å². The molecule has 0 bridgehead atoms. The van der Waals surface area contributed by atoms with Crippen LogP contribution in [0, 0.1) is 6.92 Å². The quantitative estimate of drug-likeness (QED) is 0.735. The van der Waals surface area contributed by atoms with Crippen molar-refractivity contribution in [3.05, 3.63) is 60.4 Å². The lowest BCUT2D eigenvalue weighted by atomic mass is 10.1. The average molecular weight is 231 g/mol. The summed E-state index contributed by atoms with van der Waals surface area (Å²) in [5.74, 6) is 0. The van der Waals surface area contributed by atoms with E-state index < -0.39 is 0 Å². The molecule has 0 aliphatic heterocycles. The van der Waals surface area contributed by atoms with E-state index in [1.807, 2.05) is 24.1 Å². The highest BCUT2D eigenvalue weighted by Gasteiger charge is 1.84. The highest BCUT2D eigenvalue weighted by Crippen LogP contribution is 2.02. The summed E-state index contributed by atoms with van der Waals surface area (Å²) in [5, 5.41) is 0. The van der Waals surface area contributed by atoms with Crippen molar-refractivity contribution in [3.8, 4) is 0 Å². The highest BCUT2D eigenvalue weighted by atomic mass is 15.1. The van der Waals surface area contributed by atoms with Gasteiger partial charge in [-0.05, 0) is 45.2 Å². The molecule has 0 N–H and O–H groups in total. The molecule has 0 unspecified atom stereocenters. The Morgan fingerprint density at radius 1 is 1.18 bits per heavy atom. The van der Waals surface area contributed by atoms with E-state index in [1.165, 1.54) is 11.1 Å². The minimum atomic E-state index is 0.994. The van der Waals surface area contributed by atoms with Gasteiger partial charge in [-0.1, -0.05) is 49.4 Å². The lowest BCUT2D eigenvalue weighted by Crippen LogP contribution is -2.06. The van der Waals surface area contributed by atoms with E-state index >= 15 is 0 Å². The largest absolute Gasteiger partial charge is 0.355 e. The first-order valence-electron chi connectivity index (χ1n) is 6.24. The van der Waals surface area contributed by atoms with E-state index in [2.05, 4.69) is 51.6 Å². The molecular weight excluding hydrogens is 206 g/mol. The molecule has 1 nitrogen and oxygen atoms in total. The predicted octanol–water partition coefficient (Wildman–Crippen LogP) is 4.54. The van der Waals surface area contributed by atoms with Crippen LogP contribution in [0.2, 0.25) is 0 Å². The summed E-state index contributed by atoms with van der Waals surface area (Å²) in [4.78, 5) is 2.01. The molecule has 0 aliphatic rings. The zero-order valence-electron chi connectivity index (χ0n) is 11.6. The monoisotopic (exact) mass is 231 g/mol. The fourth-order valence-corrected chi connectivity index (χ4v) is 1.31. The first kappa shape index (κ1) is 15.5. The zero-order valence-corrected chi connectivity index (χ0v) is 11.6. The van der Waals surface area contributed by atoms with Crippen molar-refractivity contribution >= 4 is 0 Å². The van der Waals surface area contributed by atoms with Crippen molar-refractivity contribution in [2.75, 3.05) is 6.54 Å². The van der Waals surface area contributed by atoms with Crippen LogP contribution in [0.1, 0.15) is 31.9 Å². The van der Waals surface area contributed by atoms with Crippen LogP contribution in [0.25, 0.3) is 0 Å². The minimum Gasteiger partial charge on any atom is -0.355 e. The Morgan fingerprint density at radius 3 is 2.06 bits per heavy atom. The number of nitrogens with zero attached hydrogens (tertiary/aromatic N) is 1. The van der Waals surface area contributed by atoms with E-state index in [0.717, 1.165) is 13.0 Å². The van der Waals surface area contributed by atoms with E-state index in [9.17, 15) is 0 Å². The maximum Gasteiger partial charge on any atom is 0.0190 e. The van der Waals surface area contributed by atoms with Crippen LogP contribution in [0.4, 0.5) is 0 Å². The molecule has 94 valence electrons. The summed E-state index contributed by atoms with van der Waals surface area (Å²) in [6.45, 7) is 13.0. The van der Waals surface area contributed by atoms with E-state index in [4.69, 9.17) is 0 Å². The Labute approximate surface area is 106 Å². The predicted molar refractivity (Wildman–Crippen MR) is 77.9 cm³/mol. The minimum absolute atomic E-state index is 0.994. The van der Waals surface area contributed by atoms with Gasteiger partial charge in [-0.2, -0.15) is 0 Å². The van der Waals surface area contributed by atoms with Gasteiger partial charge in [0.15, 0.2) is 0 Å². The summed E-state index contributed by atoms with van der Waals surface area (Å²) < 4.78 is 0. The van der Waals surface area contributed by atoms with E-state index in [0.29, 0.717) is 0 Å². The maximum absolute atomic E-state index is 3.63. The molecule has 1 rings (SSSR count). The first-order valence-corrected chi connectivity index (χ1v) is 6.24. The van der Waals surface area contributed by atoms with Gasteiger partial charge in [0.1, 0.15) is 0 Å². The molecule has 0 amide bonds. The van der Waals surface area contributed by atoms with Crippen LogP contribution < -0.4 is 0 Å². The molecule has 0 heterocycles. The lowest BCUT2D eigenvalue weighted by molar-refractivity contribution is 0.538. The van der Waals surface area contributed by atoms with Crippen LogP contribution in [0.15, 0.2) is 49.3 Å². The SMILES string of the molecule is C=CN(/C=C\C)CC.CCc1ccc(C)cc1. The third kappa shape index (κ3) is 7.40. The van der Waals surface area contributed by atoms with Gasteiger partial charge < -0.3 is 4.90 Å². The van der Waals surface area contributed by atoms with Crippen molar-refractivity contribution in [1.82, 2.24) is 4.90 Å². The fourth-order valence-electron chi connectivity index (χ4n) is 1.31. The third-order valence-corrected chi connectivity index (χ3v) is 2.47. The number of aryl methyl sites for hydroxylation is 2. The summed E-state index contributed by atoms with van der Waals surface area (Å²) in [6.07, 6.45) is 6.93. The number of rotatable bonds is 4. The smallest absolute Gasteiger partial charge is 0.0190 e. The van der Waals surface area contributed by atoms with E-state index in [1.54, 1.807) is 6.20 Å². The standard InChI is InChI=1S/C9H12.C7H13N/c1-3-9-6-4-8(2)5-7-9;1-4-7-8(5-2)6-3/h4-7H,3H2,1-2H3;4-5,7H,2,6H2,1,3H3/b;7-4-. The van der Waals surface area contributed by atoms with Gasteiger partial charge in [-0.25, -0.2) is 0 Å². The Morgan fingerprint density at radius 2 is 1.76 bits per heavy atom. The zero-order chi connectivity index (χ0) is 13.1. The van der Waals surface area contributed by atoms with Gasteiger partial charge >= 0.3 is 0 Å². The second-order valence-corrected chi connectivity index (χ2v) is 3.83. The van der Waals surface area contributed by atoms with Gasteiger partial charge in [0.25, 0.3) is 0 Å². The van der Waals surface area contributed by atoms with Gasteiger partial charge in [0.05, 0.1) is 0 Å². The first-order chi connectivity index (χ1) is 8.17. The molecule has 0 radical (unpaired) electrons. The van der Waals surface area contributed by atoms with Crippen molar-refractivity contribution in [3.63, 3.8) is 0 Å². The van der Waals surface area contributed by atoms with E-state index in [-0.39, 0.29) is 0 Å². The molecule has 1 aromatic rings. The number of benzene rings is 1. The fraction of sp³-hybridized carbons (Fsp3) is 0.375. The highest BCUT2D eigenvalue weighted by molar-refractivity contribution is 5.20. The molecule has 0 saturated carbocycles. The van der Waals surface area contributed by atoms with Crippen LogP contribution in [-0.4, -0.2) is 11.4 Å². The molecule has 0 atom stereocenters. The normalized spacial score (nSPS) is 9.65. The van der Waals surface area contributed by atoms with Crippen molar-refractivity contribution in [2.24, 2.45) is 0 Å². The van der Waals surface area contributed by atoms with Crippen molar-refractivity contribution < 1.29 is 0 Å². The molecule has 1 heteroatoms. The summed E-state index contributed by atoms with van der Waals surface area (Å²) in [6, 6.07) is 8.66. The molecule has 0 spiro atoms. The average Bonchev–Trinajstić information content (AvgIpc) is 2.37. The summed E-state index contributed by atoms with van der Waals surface area (Å²) >= 11 is 0. The Balaban J connectivity index is 0.000000304. The van der Waals surface area contributed by atoms with Crippen LogP contribution in [0.3, 0.4) is 0 Å². The molecule has 1 aromatic carbocycles. The van der Waals surface area contributed by atoms with Gasteiger partial charge in [0.2, 0.25) is 0 Å². The number of hydrogen-bond donors (Lipinski definition) is 0. The molecule has 17 heavy (non-hydrogen) atoms. The number of allylic oxidation sites excluding steroid dienone is 1. The maximum atomic E-state index is 3.63. The van der Waals surface area contributed by atoms with Crippen molar-refractivity contribution in [2.45, 2.75) is 34.1 Å². The van der Waals surface area contributed by atoms with Crippen LogP contribution in [-0.2, 0) is 6.42 Å². The topological polar surface area (TPSA) is 3.24 Å². The Kier molecular flexibility index (Phi) is 8.85. The Hall–Kier alpha value is -1.50. The Bertz CT molecular complexity index is 322. The molecule has 0 aromatic heterocycles. The van der Waals surface area contributed by atoms with Gasteiger partial charge in [-0.3, -0.25) is 0 Å². The summed E-state index contributed by atoms with van der Waals surface area (Å²) in [5.41, 5.74) is 2.76. The van der Waals surface area contributed by atoms with Crippen LogP contribution in [0.5, 0.6) is 0 Å². The molecule has 0 fully saturated rings. The molecular formula is C16H25N. The third-order valence-electron chi connectivity index (χ3n) is 2.47.